The number of halogens is 3. The standard InChI is InChI=1S/C26H28F3N3OS/c1-17(2)20-8-4-5-9-23(20)34-24-11-10-18(13-21(24)26(27,28)29)22-14-25(31-16-30-22)32-12-6-7-19(32)15-33-3/h4-5,8-11,13-14,16-17,19H,6-7,12,15H2,1-3H3/t19-/m1/s1. The molecule has 0 unspecified atom stereocenters. The first-order chi connectivity index (χ1) is 16.3. The molecule has 3 aromatic rings. The van der Waals surface area contributed by atoms with E-state index >= 15 is 0 Å². The number of alkyl halides is 3. The third kappa shape index (κ3) is 5.39. The van der Waals surface area contributed by atoms with E-state index < -0.39 is 11.7 Å². The highest BCUT2D eigenvalue weighted by molar-refractivity contribution is 7.99. The van der Waals surface area contributed by atoms with Crippen molar-refractivity contribution in [1.29, 1.82) is 0 Å². The fraction of sp³-hybridized carbons (Fsp3) is 0.385. The largest absolute Gasteiger partial charge is 0.417 e. The van der Waals surface area contributed by atoms with Crippen LogP contribution in [0, 0.1) is 0 Å². The van der Waals surface area contributed by atoms with Crippen LogP contribution < -0.4 is 4.90 Å². The van der Waals surface area contributed by atoms with E-state index in [0.717, 1.165) is 41.6 Å². The van der Waals surface area contributed by atoms with Gasteiger partial charge in [-0.2, -0.15) is 13.2 Å². The van der Waals surface area contributed by atoms with E-state index in [1.807, 2.05) is 38.1 Å². The summed E-state index contributed by atoms with van der Waals surface area (Å²) >= 11 is 1.15. The van der Waals surface area contributed by atoms with Crippen LogP contribution in [0.3, 0.4) is 0 Å². The molecule has 1 aliphatic heterocycles. The number of rotatable bonds is 7. The lowest BCUT2D eigenvalue weighted by atomic mass is 10.0. The van der Waals surface area contributed by atoms with Crippen LogP contribution in [0.25, 0.3) is 11.3 Å². The van der Waals surface area contributed by atoms with Crippen molar-refractivity contribution in [3.05, 3.63) is 66.0 Å². The summed E-state index contributed by atoms with van der Waals surface area (Å²) < 4.78 is 47.6. The van der Waals surface area contributed by atoms with Gasteiger partial charge in [-0.3, -0.25) is 0 Å². The topological polar surface area (TPSA) is 38.2 Å². The Morgan fingerprint density at radius 3 is 2.62 bits per heavy atom. The summed E-state index contributed by atoms with van der Waals surface area (Å²) in [4.78, 5) is 11.8. The van der Waals surface area contributed by atoms with Crippen molar-refractivity contribution in [1.82, 2.24) is 9.97 Å². The molecule has 0 aliphatic carbocycles. The summed E-state index contributed by atoms with van der Waals surface area (Å²) in [6, 6.07) is 14.0. The maximum atomic E-state index is 14.1. The molecule has 0 saturated carbocycles. The molecule has 4 nitrogen and oxygen atoms in total. The summed E-state index contributed by atoms with van der Waals surface area (Å²) in [5.41, 5.74) is 1.26. The van der Waals surface area contributed by atoms with E-state index in [-0.39, 0.29) is 16.9 Å². The minimum absolute atomic E-state index is 0.179. The zero-order valence-corrected chi connectivity index (χ0v) is 20.3. The van der Waals surface area contributed by atoms with Crippen LogP contribution in [-0.2, 0) is 10.9 Å². The lowest BCUT2D eigenvalue weighted by Crippen LogP contribution is -2.33. The van der Waals surface area contributed by atoms with Gasteiger partial charge in [0.25, 0.3) is 0 Å². The van der Waals surface area contributed by atoms with Crippen molar-refractivity contribution in [3.63, 3.8) is 0 Å². The van der Waals surface area contributed by atoms with E-state index in [4.69, 9.17) is 4.74 Å². The fourth-order valence-corrected chi connectivity index (χ4v) is 5.56. The third-order valence-electron chi connectivity index (χ3n) is 6.02. The normalized spacial score (nSPS) is 16.4. The highest BCUT2D eigenvalue weighted by atomic mass is 32.2. The van der Waals surface area contributed by atoms with Crippen LogP contribution in [-0.4, -0.2) is 36.3 Å². The van der Waals surface area contributed by atoms with Crippen molar-refractivity contribution < 1.29 is 17.9 Å². The molecule has 0 bridgehead atoms. The van der Waals surface area contributed by atoms with Gasteiger partial charge in [0.15, 0.2) is 0 Å². The van der Waals surface area contributed by atoms with Gasteiger partial charge in [0.05, 0.1) is 23.9 Å². The van der Waals surface area contributed by atoms with Crippen molar-refractivity contribution in [2.75, 3.05) is 25.2 Å². The summed E-state index contributed by atoms with van der Waals surface area (Å²) in [5.74, 6) is 0.923. The van der Waals surface area contributed by atoms with E-state index in [1.54, 1.807) is 25.3 Å². The van der Waals surface area contributed by atoms with E-state index in [2.05, 4.69) is 14.9 Å². The monoisotopic (exact) mass is 487 g/mol. The maximum Gasteiger partial charge on any atom is 0.417 e. The molecule has 1 atom stereocenters. The quantitative estimate of drug-likeness (QED) is 0.357. The van der Waals surface area contributed by atoms with E-state index in [0.29, 0.717) is 23.7 Å². The van der Waals surface area contributed by atoms with Crippen LogP contribution in [0.5, 0.6) is 0 Å². The summed E-state index contributed by atoms with van der Waals surface area (Å²) in [7, 11) is 1.67. The Labute approximate surface area is 202 Å². The molecule has 180 valence electrons. The average Bonchev–Trinajstić information content (AvgIpc) is 3.27. The Bertz CT molecular complexity index is 1140. The second-order valence-corrected chi connectivity index (χ2v) is 9.79. The molecule has 2 aromatic carbocycles. The van der Waals surface area contributed by atoms with Gasteiger partial charge in [-0.25, -0.2) is 9.97 Å². The Morgan fingerprint density at radius 2 is 1.88 bits per heavy atom. The van der Waals surface area contributed by atoms with Crippen LogP contribution >= 0.6 is 11.8 Å². The number of hydrogen-bond acceptors (Lipinski definition) is 5. The van der Waals surface area contributed by atoms with Gasteiger partial charge in [0.2, 0.25) is 0 Å². The van der Waals surface area contributed by atoms with Gasteiger partial charge in [-0.15, -0.1) is 0 Å². The molecule has 1 aliphatic rings. The lowest BCUT2D eigenvalue weighted by Gasteiger charge is -2.25. The lowest BCUT2D eigenvalue weighted by molar-refractivity contribution is -0.139. The van der Waals surface area contributed by atoms with Gasteiger partial charge in [0.1, 0.15) is 12.1 Å². The summed E-state index contributed by atoms with van der Waals surface area (Å²) in [5, 5.41) is 0. The maximum absolute atomic E-state index is 14.1. The van der Waals surface area contributed by atoms with E-state index in [9.17, 15) is 13.2 Å². The Kier molecular flexibility index (Phi) is 7.48. The number of nitrogens with zero attached hydrogens (tertiary/aromatic N) is 3. The molecule has 0 spiro atoms. The molecule has 34 heavy (non-hydrogen) atoms. The Hall–Kier alpha value is -2.58. The minimum Gasteiger partial charge on any atom is -0.383 e. The molecular weight excluding hydrogens is 459 g/mol. The second-order valence-electron chi connectivity index (χ2n) is 8.71. The molecule has 1 fully saturated rings. The van der Waals surface area contributed by atoms with Crippen LogP contribution in [0.1, 0.15) is 43.7 Å². The molecule has 4 rings (SSSR count). The summed E-state index contributed by atoms with van der Waals surface area (Å²) in [6.07, 6.45) is -1.05. The predicted octanol–water partition coefficient (Wildman–Crippen LogP) is 7.05. The zero-order chi connectivity index (χ0) is 24.3. The highest BCUT2D eigenvalue weighted by Crippen LogP contribution is 2.43. The number of aromatic nitrogens is 2. The first-order valence-electron chi connectivity index (χ1n) is 11.3. The van der Waals surface area contributed by atoms with Gasteiger partial charge in [-0.05, 0) is 42.5 Å². The SMILES string of the molecule is COC[C@H]1CCCN1c1cc(-c2ccc(Sc3ccccc3C(C)C)c(C(F)(F)F)c2)ncn1. The third-order valence-corrected chi connectivity index (χ3v) is 7.19. The second kappa shape index (κ2) is 10.4. The predicted molar refractivity (Wildman–Crippen MR) is 129 cm³/mol. The van der Waals surface area contributed by atoms with Crippen LogP contribution in [0.4, 0.5) is 19.0 Å². The minimum atomic E-state index is -4.49. The Morgan fingerprint density at radius 1 is 1.09 bits per heavy atom. The Balaban J connectivity index is 1.69. The molecular formula is C26H28F3N3OS. The van der Waals surface area contributed by atoms with Gasteiger partial charge >= 0.3 is 6.18 Å². The molecule has 8 heteroatoms. The van der Waals surface area contributed by atoms with Crippen LogP contribution in [0.2, 0.25) is 0 Å². The fourth-order valence-electron chi connectivity index (χ4n) is 4.33. The van der Waals surface area contributed by atoms with Gasteiger partial charge in [-0.1, -0.05) is 49.9 Å². The van der Waals surface area contributed by atoms with Crippen molar-refractivity contribution in [3.8, 4) is 11.3 Å². The van der Waals surface area contributed by atoms with Gasteiger partial charge < -0.3 is 9.64 Å². The van der Waals surface area contributed by atoms with Crippen molar-refractivity contribution >= 4 is 17.6 Å². The highest BCUT2D eigenvalue weighted by Gasteiger charge is 2.34. The van der Waals surface area contributed by atoms with E-state index in [1.165, 1.54) is 12.4 Å². The molecule has 2 heterocycles. The number of hydrogen-bond donors (Lipinski definition) is 0. The smallest absolute Gasteiger partial charge is 0.383 e. The van der Waals surface area contributed by atoms with Crippen molar-refractivity contribution in [2.45, 2.75) is 54.6 Å². The first-order valence-corrected chi connectivity index (χ1v) is 12.2. The number of anilines is 1. The number of benzene rings is 2. The summed E-state index contributed by atoms with van der Waals surface area (Å²) in [6.45, 7) is 5.50. The average molecular weight is 488 g/mol. The zero-order valence-electron chi connectivity index (χ0n) is 19.5. The molecule has 0 N–H and O–H groups in total. The first kappa shape index (κ1) is 24.5. The molecule has 0 amide bonds. The molecule has 0 radical (unpaired) electrons. The van der Waals surface area contributed by atoms with Crippen molar-refractivity contribution in [2.24, 2.45) is 0 Å². The van der Waals surface area contributed by atoms with Gasteiger partial charge in [0, 0.05) is 35.1 Å². The number of methoxy groups -OCH3 is 1. The molecule has 1 aromatic heterocycles. The molecule has 1 saturated heterocycles. The van der Waals surface area contributed by atoms with Crippen LogP contribution in [0.15, 0.2) is 64.6 Å². The number of ether oxygens (including phenoxy) is 1.